The van der Waals surface area contributed by atoms with Gasteiger partial charge in [0.2, 0.25) is 0 Å². The molecule has 5 nitrogen and oxygen atoms in total. The summed E-state index contributed by atoms with van der Waals surface area (Å²) >= 11 is 5.16. The molecule has 0 atom stereocenters. The van der Waals surface area contributed by atoms with Crippen molar-refractivity contribution in [3.63, 3.8) is 0 Å². The smallest absolute Gasteiger partial charge is 0.339 e. The van der Waals surface area contributed by atoms with Crippen LogP contribution in [-0.2, 0) is 0 Å². The van der Waals surface area contributed by atoms with Crippen molar-refractivity contribution < 1.29 is 15.0 Å². The highest BCUT2D eigenvalue weighted by atomic mass is 32.1. The summed E-state index contributed by atoms with van der Waals surface area (Å²) in [4.78, 5) is 10.9. The maximum Gasteiger partial charge on any atom is 0.339 e. The van der Waals surface area contributed by atoms with E-state index in [9.17, 15) is 9.90 Å². The maximum absolute atomic E-state index is 10.9. The Morgan fingerprint density at radius 2 is 1.62 bits per heavy atom. The van der Waals surface area contributed by atoms with E-state index in [1.807, 2.05) is 31.2 Å². The van der Waals surface area contributed by atoms with Gasteiger partial charge in [-0.1, -0.05) is 17.7 Å². The van der Waals surface area contributed by atoms with Crippen molar-refractivity contribution >= 4 is 34.7 Å². The lowest BCUT2D eigenvalue weighted by molar-refractivity contribution is 0.0694. The van der Waals surface area contributed by atoms with Crippen LogP contribution in [0.2, 0.25) is 0 Å². The monoisotopic (exact) mass is 302 g/mol. The predicted molar refractivity (Wildman–Crippen MR) is 86.1 cm³/mol. The van der Waals surface area contributed by atoms with Crippen LogP contribution in [0.25, 0.3) is 0 Å². The number of carboxylic acids is 1. The molecular weight excluding hydrogens is 288 g/mol. The Hall–Kier alpha value is -2.60. The van der Waals surface area contributed by atoms with Crippen LogP contribution in [0.4, 0.5) is 11.4 Å². The molecule has 0 aliphatic heterocycles. The highest BCUT2D eigenvalue weighted by Gasteiger charge is 2.10. The van der Waals surface area contributed by atoms with Gasteiger partial charge in [-0.3, -0.25) is 0 Å². The Bertz CT molecular complexity index is 684. The Labute approximate surface area is 127 Å². The second kappa shape index (κ2) is 6.23. The lowest BCUT2D eigenvalue weighted by atomic mass is 10.2. The van der Waals surface area contributed by atoms with E-state index in [0.29, 0.717) is 10.8 Å². The molecule has 108 valence electrons. The quantitative estimate of drug-likeness (QED) is 0.515. The second-order valence-electron chi connectivity index (χ2n) is 4.48. The molecule has 0 bridgehead atoms. The predicted octanol–water partition coefficient (Wildman–Crippen LogP) is 3.21. The van der Waals surface area contributed by atoms with Crippen molar-refractivity contribution in [2.75, 3.05) is 10.6 Å². The van der Waals surface area contributed by atoms with Gasteiger partial charge in [0.1, 0.15) is 11.3 Å². The van der Waals surface area contributed by atoms with Crippen LogP contribution in [-0.4, -0.2) is 21.3 Å². The van der Waals surface area contributed by atoms with Gasteiger partial charge in [0, 0.05) is 11.4 Å². The molecule has 2 aromatic rings. The van der Waals surface area contributed by atoms with Crippen LogP contribution in [0, 0.1) is 6.92 Å². The van der Waals surface area contributed by atoms with E-state index in [1.165, 1.54) is 12.1 Å². The third kappa shape index (κ3) is 3.93. The molecule has 0 aliphatic carbocycles. The molecule has 4 N–H and O–H groups in total. The van der Waals surface area contributed by atoms with Crippen LogP contribution in [0.5, 0.6) is 5.75 Å². The second-order valence-corrected chi connectivity index (χ2v) is 4.89. The van der Waals surface area contributed by atoms with Gasteiger partial charge in [-0.2, -0.15) is 0 Å². The van der Waals surface area contributed by atoms with Gasteiger partial charge in [-0.25, -0.2) is 4.79 Å². The Balaban J connectivity index is 2.07. The molecule has 21 heavy (non-hydrogen) atoms. The minimum absolute atomic E-state index is 0.182. The number of aryl methyl sites for hydroxylation is 1. The zero-order chi connectivity index (χ0) is 15.4. The third-order valence-electron chi connectivity index (χ3n) is 2.79. The minimum atomic E-state index is -1.20. The van der Waals surface area contributed by atoms with Crippen molar-refractivity contribution in [1.82, 2.24) is 0 Å². The van der Waals surface area contributed by atoms with E-state index in [1.54, 1.807) is 6.07 Å². The van der Waals surface area contributed by atoms with Crippen LogP contribution in [0.15, 0.2) is 42.5 Å². The summed E-state index contributed by atoms with van der Waals surface area (Å²) in [6.07, 6.45) is 0. The summed E-state index contributed by atoms with van der Waals surface area (Å²) < 4.78 is 0. The molecule has 0 saturated heterocycles. The molecule has 0 heterocycles. The van der Waals surface area contributed by atoms with Crippen LogP contribution in [0.1, 0.15) is 15.9 Å². The molecule has 0 saturated carbocycles. The molecule has 0 aliphatic rings. The molecular formula is C15H14N2O3S. The van der Waals surface area contributed by atoms with E-state index in [2.05, 4.69) is 10.6 Å². The van der Waals surface area contributed by atoms with Gasteiger partial charge in [-0.15, -0.1) is 0 Å². The number of nitrogens with one attached hydrogen (secondary N) is 2. The summed E-state index contributed by atoms with van der Waals surface area (Å²) in [5.74, 6) is -1.49. The Kier molecular flexibility index (Phi) is 4.39. The van der Waals surface area contributed by atoms with E-state index >= 15 is 0 Å². The molecule has 0 fully saturated rings. The van der Waals surface area contributed by atoms with Crippen LogP contribution in [0.3, 0.4) is 0 Å². The summed E-state index contributed by atoms with van der Waals surface area (Å²) in [7, 11) is 0. The summed E-state index contributed by atoms with van der Waals surface area (Å²) in [5, 5.41) is 24.6. The fraction of sp³-hybridized carbons (Fsp3) is 0.0667. The number of benzene rings is 2. The Morgan fingerprint density at radius 1 is 1.05 bits per heavy atom. The highest BCUT2D eigenvalue weighted by molar-refractivity contribution is 7.80. The van der Waals surface area contributed by atoms with Crippen molar-refractivity contribution in [3.8, 4) is 5.75 Å². The number of phenols is 1. The van der Waals surface area contributed by atoms with Crippen molar-refractivity contribution in [2.24, 2.45) is 0 Å². The SMILES string of the molecule is Cc1ccc(NC(=S)Nc2ccc(O)c(C(=O)O)c2)cc1. The lowest BCUT2D eigenvalue weighted by Crippen LogP contribution is -2.19. The van der Waals surface area contributed by atoms with Gasteiger partial charge < -0.3 is 20.8 Å². The number of thiocarbonyl (C=S) groups is 1. The fourth-order valence-electron chi connectivity index (χ4n) is 1.72. The standard InChI is InChI=1S/C15H14N2O3S/c1-9-2-4-10(5-3-9)16-15(21)17-11-6-7-13(18)12(8-11)14(19)20/h2-8,18H,1H3,(H,19,20)(H2,16,17,21). The zero-order valence-corrected chi connectivity index (χ0v) is 12.1. The normalized spacial score (nSPS) is 9.95. The molecule has 2 rings (SSSR count). The molecule has 0 amide bonds. The van der Waals surface area contributed by atoms with Gasteiger partial charge in [0.15, 0.2) is 5.11 Å². The average molecular weight is 302 g/mol. The Morgan fingerprint density at radius 3 is 2.24 bits per heavy atom. The number of rotatable bonds is 3. The number of carbonyl (C=O) groups is 1. The van der Waals surface area contributed by atoms with E-state index in [4.69, 9.17) is 17.3 Å². The summed E-state index contributed by atoms with van der Waals surface area (Å²) in [6, 6.07) is 11.9. The van der Waals surface area contributed by atoms with E-state index in [-0.39, 0.29) is 11.3 Å². The van der Waals surface area contributed by atoms with Gasteiger partial charge >= 0.3 is 5.97 Å². The highest BCUT2D eigenvalue weighted by Crippen LogP contribution is 2.21. The number of carboxylic acid groups (broad SMARTS) is 1. The third-order valence-corrected chi connectivity index (χ3v) is 3.00. The van der Waals surface area contributed by atoms with Crippen LogP contribution >= 0.6 is 12.2 Å². The van der Waals surface area contributed by atoms with Crippen molar-refractivity contribution in [1.29, 1.82) is 0 Å². The first-order valence-electron chi connectivity index (χ1n) is 6.16. The van der Waals surface area contributed by atoms with Crippen molar-refractivity contribution in [2.45, 2.75) is 6.92 Å². The van der Waals surface area contributed by atoms with Crippen LogP contribution < -0.4 is 10.6 Å². The largest absolute Gasteiger partial charge is 0.507 e. The number of hydrogen-bond acceptors (Lipinski definition) is 3. The van der Waals surface area contributed by atoms with Gasteiger partial charge in [0.25, 0.3) is 0 Å². The molecule has 0 aromatic heterocycles. The molecule has 2 aromatic carbocycles. The fourth-order valence-corrected chi connectivity index (χ4v) is 1.95. The van der Waals surface area contributed by atoms with E-state index in [0.717, 1.165) is 11.3 Å². The summed E-state index contributed by atoms with van der Waals surface area (Å²) in [6.45, 7) is 1.99. The average Bonchev–Trinajstić information content (AvgIpc) is 2.43. The first-order chi connectivity index (χ1) is 9.95. The summed E-state index contributed by atoms with van der Waals surface area (Å²) in [5.41, 5.74) is 2.27. The van der Waals surface area contributed by atoms with Crippen molar-refractivity contribution in [3.05, 3.63) is 53.6 Å². The minimum Gasteiger partial charge on any atom is -0.507 e. The maximum atomic E-state index is 10.9. The molecule has 6 heteroatoms. The van der Waals surface area contributed by atoms with Gasteiger partial charge in [-0.05, 0) is 49.5 Å². The first-order valence-corrected chi connectivity index (χ1v) is 6.57. The number of anilines is 2. The number of aromatic hydroxyl groups is 1. The van der Waals surface area contributed by atoms with Gasteiger partial charge in [0.05, 0.1) is 0 Å². The molecule has 0 radical (unpaired) electrons. The molecule has 0 unspecified atom stereocenters. The number of aromatic carboxylic acids is 1. The van der Waals surface area contributed by atoms with E-state index < -0.39 is 5.97 Å². The first kappa shape index (κ1) is 14.8. The number of hydrogen-bond donors (Lipinski definition) is 4. The topological polar surface area (TPSA) is 81.6 Å². The lowest BCUT2D eigenvalue weighted by Gasteiger charge is -2.11. The molecule has 0 spiro atoms. The zero-order valence-electron chi connectivity index (χ0n) is 11.3.